The van der Waals surface area contributed by atoms with Crippen molar-refractivity contribution >= 4 is 5.69 Å². The standard InChI is InChI=1S/C14H19FN2/c15-12-8-11(13-6-3-7-17-13)14(16)10-5-2-1-4-9(10)12/h8,13,17H,1-7,16H2/t13-/m0/s1. The van der Waals surface area contributed by atoms with Gasteiger partial charge < -0.3 is 11.1 Å². The van der Waals surface area contributed by atoms with E-state index in [0.717, 1.165) is 67.4 Å². The molecule has 0 radical (unpaired) electrons. The normalized spacial score (nSPS) is 23.7. The molecule has 17 heavy (non-hydrogen) atoms. The molecule has 1 aromatic rings. The van der Waals surface area contributed by atoms with E-state index in [0.29, 0.717) is 0 Å². The Hall–Kier alpha value is -1.09. The maximum atomic E-state index is 14.1. The van der Waals surface area contributed by atoms with Crippen molar-refractivity contribution in [2.24, 2.45) is 0 Å². The zero-order chi connectivity index (χ0) is 11.8. The van der Waals surface area contributed by atoms with Crippen molar-refractivity contribution in [3.05, 3.63) is 28.6 Å². The van der Waals surface area contributed by atoms with Crippen molar-refractivity contribution in [1.29, 1.82) is 0 Å². The van der Waals surface area contributed by atoms with Gasteiger partial charge in [-0.05, 0) is 67.8 Å². The fourth-order valence-electron chi connectivity index (χ4n) is 3.18. The molecule has 0 spiro atoms. The van der Waals surface area contributed by atoms with Gasteiger partial charge in [-0.2, -0.15) is 0 Å². The van der Waals surface area contributed by atoms with Crippen molar-refractivity contribution in [3.8, 4) is 0 Å². The summed E-state index contributed by atoms with van der Waals surface area (Å²) in [6, 6.07) is 1.93. The molecule has 2 aliphatic rings. The highest BCUT2D eigenvalue weighted by atomic mass is 19.1. The van der Waals surface area contributed by atoms with Gasteiger partial charge in [-0.15, -0.1) is 0 Å². The van der Waals surface area contributed by atoms with Crippen LogP contribution >= 0.6 is 0 Å². The maximum absolute atomic E-state index is 14.1. The first-order valence-corrected chi connectivity index (χ1v) is 6.60. The van der Waals surface area contributed by atoms with Gasteiger partial charge in [0.1, 0.15) is 5.82 Å². The van der Waals surface area contributed by atoms with E-state index in [1.165, 1.54) is 0 Å². The molecule has 1 aromatic carbocycles. The minimum absolute atomic E-state index is 0.0439. The van der Waals surface area contributed by atoms with Crippen LogP contribution in [0.4, 0.5) is 10.1 Å². The van der Waals surface area contributed by atoms with Gasteiger partial charge in [-0.3, -0.25) is 0 Å². The van der Waals surface area contributed by atoms with Crippen molar-refractivity contribution in [2.75, 3.05) is 12.3 Å². The van der Waals surface area contributed by atoms with Crippen molar-refractivity contribution in [1.82, 2.24) is 5.32 Å². The number of nitrogens with one attached hydrogen (secondary N) is 1. The summed E-state index contributed by atoms with van der Waals surface area (Å²) >= 11 is 0. The first-order valence-electron chi connectivity index (χ1n) is 6.60. The monoisotopic (exact) mass is 234 g/mol. The number of anilines is 1. The van der Waals surface area contributed by atoms with Crippen LogP contribution in [-0.4, -0.2) is 6.54 Å². The zero-order valence-corrected chi connectivity index (χ0v) is 10.1. The van der Waals surface area contributed by atoms with Gasteiger partial charge in [-0.1, -0.05) is 0 Å². The van der Waals surface area contributed by atoms with Gasteiger partial charge in [-0.25, -0.2) is 4.39 Å². The van der Waals surface area contributed by atoms with Gasteiger partial charge in [0.25, 0.3) is 0 Å². The number of halogens is 1. The fraction of sp³-hybridized carbons (Fsp3) is 0.571. The molecule has 0 aromatic heterocycles. The molecule has 2 nitrogen and oxygen atoms in total. The molecule has 3 N–H and O–H groups in total. The molecule has 0 amide bonds. The lowest BCUT2D eigenvalue weighted by Crippen LogP contribution is -2.18. The lowest BCUT2D eigenvalue weighted by atomic mass is 9.86. The second-order valence-corrected chi connectivity index (χ2v) is 5.17. The maximum Gasteiger partial charge on any atom is 0.127 e. The molecule has 3 rings (SSSR count). The highest BCUT2D eigenvalue weighted by Gasteiger charge is 2.24. The molecule has 0 bridgehead atoms. The Morgan fingerprint density at radius 1 is 1.18 bits per heavy atom. The fourth-order valence-corrected chi connectivity index (χ4v) is 3.18. The molecule has 1 saturated heterocycles. The highest BCUT2D eigenvalue weighted by molar-refractivity contribution is 5.59. The molecule has 1 aliphatic carbocycles. The highest BCUT2D eigenvalue weighted by Crippen LogP contribution is 2.36. The summed E-state index contributed by atoms with van der Waals surface area (Å²) in [4.78, 5) is 0. The van der Waals surface area contributed by atoms with Crippen molar-refractivity contribution in [2.45, 2.75) is 44.6 Å². The van der Waals surface area contributed by atoms with E-state index in [-0.39, 0.29) is 11.9 Å². The van der Waals surface area contributed by atoms with E-state index >= 15 is 0 Å². The smallest absolute Gasteiger partial charge is 0.127 e. The van der Waals surface area contributed by atoms with Crippen LogP contribution in [0.5, 0.6) is 0 Å². The zero-order valence-electron chi connectivity index (χ0n) is 10.1. The summed E-state index contributed by atoms with van der Waals surface area (Å²) in [5.41, 5.74) is 10.0. The average Bonchev–Trinajstić information content (AvgIpc) is 2.87. The van der Waals surface area contributed by atoms with E-state index in [9.17, 15) is 4.39 Å². The summed E-state index contributed by atoms with van der Waals surface area (Å²) in [7, 11) is 0. The number of rotatable bonds is 1. The molecule has 92 valence electrons. The van der Waals surface area contributed by atoms with E-state index in [2.05, 4.69) is 5.32 Å². The lowest BCUT2D eigenvalue weighted by molar-refractivity contribution is 0.568. The van der Waals surface area contributed by atoms with Crippen LogP contribution in [0, 0.1) is 5.82 Å². The lowest BCUT2D eigenvalue weighted by Gasteiger charge is -2.23. The minimum atomic E-state index is -0.0439. The van der Waals surface area contributed by atoms with E-state index < -0.39 is 0 Å². The van der Waals surface area contributed by atoms with Crippen molar-refractivity contribution < 1.29 is 4.39 Å². The molecule has 1 fully saturated rings. The second-order valence-electron chi connectivity index (χ2n) is 5.17. The number of hydrogen-bond acceptors (Lipinski definition) is 2. The number of nitrogens with two attached hydrogens (primary N) is 1. The van der Waals surface area contributed by atoms with Gasteiger partial charge in [0, 0.05) is 11.7 Å². The van der Waals surface area contributed by atoms with E-state index in [1.807, 2.05) is 0 Å². The van der Waals surface area contributed by atoms with Gasteiger partial charge in [0.2, 0.25) is 0 Å². The third-order valence-corrected chi connectivity index (χ3v) is 4.11. The summed E-state index contributed by atoms with van der Waals surface area (Å²) < 4.78 is 14.1. The molecule has 0 saturated carbocycles. The quantitative estimate of drug-likeness (QED) is 0.733. The van der Waals surface area contributed by atoms with Crippen LogP contribution in [0.2, 0.25) is 0 Å². The van der Waals surface area contributed by atoms with Gasteiger partial charge in [0.05, 0.1) is 0 Å². The van der Waals surface area contributed by atoms with E-state index in [4.69, 9.17) is 5.73 Å². The Bertz CT molecular complexity index is 436. The molecular weight excluding hydrogens is 215 g/mol. The number of benzene rings is 1. The first kappa shape index (κ1) is 11.0. The predicted molar refractivity (Wildman–Crippen MR) is 67.4 cm³/mol. The summed E-state index contributed by atoms with van der Waals surface area (Å²) in [5, 5.41) is 3.40. The summed E-state index contributed by atoms with van der Waals surface area (Å²) in [6.45, 7) is 1.02. The molecule has 1 heterocycles. The predicted octanol–water partition coefficient (Wildman–Crippen LogP) is 2.71. The Kier molecular flexibility index (Phi) is 2.79. The van der Waals surface area contributed by atoms with Crippen molar-refractivity contribution in [3.63, 3.8) is 0 Å². The summed E-state index contributed by atoms with van der Waals surface area (Å²) in [5.74, 6) is -0.0439. The third kappa shape index (κ3) is 1.82. The Labute approximate surface area is 101 Å². The molecule has 1 aliphatic heterocycles. The molecule has 0 unspecified atom stereocenters. The number of fused-ring (bicyclic) bond motifs is 1. The average molecular weight is 234 g/mol. The van der Waals surface area contributed by atoms with E-state index in [1.54, 1.807) is 6.07 Å². The summed E-state index contributed by atoms with van der Waals surface area (Å²) in [6.07, 6.45) is 6.25. The van der Waals surface area contributed by atoms with Crippen LogP contribution in [0.15, 0.2) is 6.07 Å². The Morgan fingerprint density at radius 3 is 2.65 bits per heavy atom. The number of hydrogen-bond donors (Lipinski definition) is 2. The SMILES string of the molecule is Nc1c([C@@H]2CCCN2)cc(F)c2c1CCCC2. The van der Waals surface area contributed by atoms with Gasteiger partial charge in [0.15, 0.2) is 0 Å². The largest absolute Gasteiger partial charge is 0.398 e. The second kappa shape index (κ2) is 4.30. The van der Waals surface area contributed by atoms with Gasteiger partial charge >= 0.3 is 0 Å². The molecule has 1 atom stereocenters. The first-order chi connectivity index (χ1) is 8.27. The van der Waals surface area contributed by atoms with Crippen LogP contribution in [-0.2, 0) is 12.8 Å². The number of nitrogen functional groups attached to an aromatic ring is 1. The third-order valence-electron chi connectivity index (χ3n) is 4.11. The van der Waals surface area contributed by atoms with Crippen LogP contribution in [0.3, 0.4) is 0 Å². The van der Waals surface area contributed by atoms with Crippen LogP contribution in [0.25, 0.3) is 0 Å². The minimum Gasteiger partial charge on any atom is -0.398 e. The molecule has 3 heteroatoms. The Balaban J connectivity index is 2.07. The van der Waals surface area contributed by atoms with Crippen LogP contribution in [0.1, 0.15) is 48.4 Å². The Morgan fingerprint density at radius 2 is 1.94 bits per heavy atom. The van der Waals surface area contributed by atoms with Crippen LogP contribution < -0.4 is 11.1 Å². The topological polar surface area (TPSA) is 38.0 Å². The molecular formula is C14H19FN2.